The number of carbonyl (C=O) groups is 1. The summed E-state index contributed by atoms with van der Waals surface area (Å²) in [5.74, 6) is -0.164. The third-order valence-electron chi connectivity index (χ3n) is 4.73. The summed E-state index contributed by atoms with van der Waals surface area (Å²) in [6.07, 6.45) is 0. The van der Waals surface area contributed by atoms with Crippen molar-refractivity contribution < 1.29 is 9.32 Å². The minimum Gasteiger partial charge on any atom is -0.377 e. The molecule has 4 rings (SSSR count). The lowest BCUT2D eigenvalue weighted by atomic mass is 9.90. The molecule has 3 aromatic carbocycles. The minimum absolute atomic E-state index is 0.152. The van der Waals surface area contributed by atoms with Crippen molar-refractivity contribution >= 4 is 28.4 Å². The van der Waals surface area contributed by atoms with E-state index in [4.69, 9.17) is 4.52 Å². The predicted octanol–water partition coefficient (Wildman–Crippen LogP) is 4.66. The predicted molar refractivity (Wildman–Crippen MR) is 112 cm³/mol. The average Bonchev–Trinajstić information content (AvgIpc) is 3.12. The molecule has 1 amide bonds. The van der Waals surface area contributed by atoms with E-state index in [9.17, 15) is 4.79 Å². The molecule has 0 aliphatic heterocycles. The zero-order chi connectivity index (χ0) is 19.5. The molecule has 5 nitrogen and oxygen atoms in total. The van der Waals surface area contributed by atoms with Crippen LogP contribution in [-0.2, 0) is 4.79 Å². The number of fused-ring (bicyclic) bond motifs is 1. The fourth-order valence-electron chi connectivity index (χ4n) is 3.41. The topological polar surface area (TPSA) is 58.4 Å². The van der Waals surface area contributed by atoms with Gasteiger partial charge in [0, 0.05) is 14.1 Å². The normalized spacial score (nSPS) is 11.0. The van der Waals surface area contributed by atoms with Crippen molar-refractivity contribution in [2.45, 2.75) is 5.92 Å². The molecule has 140 valence electrons. The summed E-state index contributed by atoms with van der Waals surface area (Å²) in [5.41, 5.74) is 3.42. The lowest BCUT2D eigenvalue weighted by Crippen LogP contribution is -2.22. The van der Waals surface area contributed by atoms with E-state index >= 15 is 0 Å². The van der Waals surface area contributed by atoms with Gasteiger partial charge in [0.15, 0.2) is 11.4 Å². The van der Waals surface area contributed by atoms with E-state index in [0.29, 0.717) is 11.4 Å². The molecule has 1 aromatic heterocycles. The summed E-state index contributed by atoms with van der Waals surface area (Å²) in [6.45, 7) is 0. The summed E-state index contributed by atoms with van der Waals surface area (Å²) in [6, 6.07) is 25.2. The van der Waals surface area contributed by atoms with Gasteiger partial charge < -0.3 is 14.7 Å². The molecule has 0 aliphatic rings. The minimum atomic E-state index is -0.444. The number of nitrogens with zero attached hydrogens (tertiary/aromatic N) is 2. The number of hydrogen-bond donors (Lipinski definition) is 1. The quantitative estimate of drug-likeness (QED) is 0.554. The van der Waals surface area contributed by atoms with Gasteiger partial charge in [0.05, 0.1) is 17.0 Å². The van der Waals surface area contributed by atoms with Gasteiger partial charge in [0.25, 0.3) is 0 Å². The Morgan fingerprint density at radius 1 is 0.893 bits per heavy atom. The molecule has 0 atom stereocenters. The number of aromatic nitrogens is 1. The molecule has 0 radical (unpaired) electrons. The van der Waals surface area contributed by atoms with Gasteiger partial charge in [-0.1, -0.05) is 71.9 Å². The molecule has 0 saturated heterocycles. The van der Waals surface area contributed by atoms with Crippen molar-refractivity contribution in [2.24, 2.45) is 0 Å². The molecule has 0 unspecified atom stereocenters. The van der Waals surface area contributed by atoms with Crippen LogP contribution < -0.4 is 10.2 Å². The standard InChI is InChI=1S/C23H21N3O2/c1-26(2)18-14-9-15-19-21(18)22(25-28-19)24-23(27)20(16-10-5-3-6-11-16)17-12-7-4-8-13-17/h3-15,20H,1-2H3,(H,24,25,27). The molecule has 0 spiro atoms. The molecule has 0 bridgehead atoms. The SMILES string of the molecule is CN(C)c1cccc2onc(NC(=O)C(c3ccccc3)c3ccccc3)c12. The lowest BCUT2D eigenvalue weighted by Gasteiger charge is -2.18. The van der Waals surface area contributed by atoms with Crippen LogP contribution in [0, 0.1) is 0 Å². The Bertz CT molecular complexity index is 1050. The average molecular weight is 371 g/mol. The van der Waals surface area contributed by atoms with Gasteiger partial charge in [-0.15, -0.1) is 0 Å². The van der Waals surface area contributed by atoms with Crippen molar-refractivity contribution in [3.8, 4) is 0 Å². The lowest BCUT2D eigenvalue weighted by molar-refractivity contribution is -0.116. The second-order valence-corrected chi connectivity index (χ2v) is 6.82. The molecular weight excluding hydrogens is 350 g/mol. The Morgan fingerprint density at radius 2 is 1.50 bits per heavy atom. The molecule has 0 aliphatic carbocycles. The first kappa shape index (κ1) is 17.8. The van der Waals surface area contributed by atoms with Crippen LogP contribution in [0.3, 0.4) is 0 Å². The van der Waals surface area contributed by atoms with Gasteiger partial charge in [-0.2, -0.15) is 0 Å². The molecule has 1 heterocycles. The van der Waals surface area contributed by atoms with Gasteiger partial charge in [-0.3, -0.25) is 4.79 Å². The molecule has 4 aromatic rings. The number of nitrogens with one attached hydrogen (secondary N) is 1. The number of hydrogen-bond acceptors (Lipinski definition) is 4. The Kier molecular flexibility index (Phi) is 4.81. The number of benzene rings is 3. The Hall–Kier alpha value is -3.60. The van der Waals surface area contributed by atoms with Crippen LogP contribution in [0.5, 0.6) is 0 Å². The maximum Gasteiger partial charge on any atom is 0.237 e. The third kappa shape index (κ3) is 3.34. The van der Waals surface area contributed by atoms with E-state index in [1.807, 2.05) is 97.9 Å². The van der Waals surface area contributed by atoms with E-state index < -0.39 is 5.92 Å². The smallest absolute Gasteiger partial charge is 0.237 e. The molecule has 5 heteroatoms. The van der Waals surface area contributed by atoms with Crippen LogP contribution in [-0.4, -0.2) is 25.2 Å². The molecular formula is C23H21N3O2. The van der Waals surface area contributed by atoms with E-state index in [1.54, 1.807) is 0 Å². The van der Waals surface area contributed by atoms with Crippen LogP contribution >= 0.6 is 0 Å². The van der Waals surface area contributed by atoms with E-state index in [1.165, 1.54) is 0 Å². The van der Waals surface area contributed by atoms with Crippen molar-refractivity contribution in [2.75, 3.05) is 24.3 Å². The molecule has 0 fully saturated rings. The third-order valence-corrected chi connectivity index (χ3v) is 4.73. The highest BCUT2D eigenvalue weighted by Gasteiger charge is 2.25. The molecule has 1 N–H and O–H groups in total. The van der Waals surface area contributed by atoms with Crippen molar-refractivity contribution in [3.05, 3.63) is 90.0 Å². The molecule has 28 heavy (non-hydrogen) atoms. The zero-order valence-electron chi connectivity index (χ0n) is 15.8. The van der Waals surface area contributed by atoms with E-state index in [-0.39, 0.29) is 5.91 Å². The number of amides is 1. The first-order valence-electron chi connectivity index (χ1n) is 9.11. The summed E-state index contributed by atoms with van der Waals surface area (Å²) >= 11 is 0. The van der Waals surface area contributed by atoms with Crippen LogP contribution in [0.15, 0.2) is 83.4 Å². The first-order chi connectivity index (χ1) is 13.6. The second kappa shape index (κ2) is 7.56. The number of rotatable bonds is 5. The Balaban J connectivity index is 1.74. The monoisotopic (exact) mass is 371 g/mol. The summed E-state index contributed by atoms with van der Waals surface area (Å²) < 4.78 is 5.44. The van der Waals surface area contributed by atoms with Crippen molar-refractivity contribution in [1.29, 1.82) is 0 Å². The van der Waals surface area contributed by atoms with Crippen LogP contribution in [0.4, 0.5) is 11.5 Å². The van der Waals surface area contributed by atoms with Gasteiger partial charge in [0.2, 0.25) is 5.91 Å². The number of carbonyl (C=O) groups excluding carboxylic acids is 1. The molecule has 0 saturated carbocycles. The summed E-state index contributed by atoms with van der Waals surface area (Å²) in [7, 11) is 3.90. The van der Waals surface area contributed by atoms with E-state index in [2.05, 4.69) is 10.5 Å². The number of anilines is 2. The maximum atomic E-state index is 13.3. The fraction of sp³-hybridized carbons (Fsp3) is 0.130. The second-order valence-electron chi connectivity index (χ2n) is 6.82. The van der Waals surface area contributed by atoms with Gasteiger partial charge >= 0.3 is 0 Å². The highest BCUT2D eigenvalue weighted by Crippen LogP contribution is 2.33. The first-order valence-corrected chi connectivity index (χ1v) is 9.11. The van der Waals surface area contributed by atoms with Crippen molar-refractivity contribution in [1.82, 2.24) is 5.16 Å². The van der Waals surface area contributed by atoms with Gasteiger partial charge in [-0.05, 0) is 23.3 Å². The Morgan fingerprint density at radius 3 is 2.07 bits per heavy atom. The summed E-state index contributed by atoms with van der Waals surface area (Å²) in [4.78, 5) is 15.3. The van der Waals surface area contributed by atoms with Crippen LogP contribution in [0.2, 0.25) is 0 Å². The highest BCUT2D eigenvalue weighted by molar-refractivity contribution is 6.07. The van der Waals surface area contributed by atoms with Crippen LogP contribution in [0.25, 0.3) is 11.0 Å². The fourth-order valence-corrected chi connectivity index (χ4v) is 3.41. The Labute approximate surface area is 163 Å². The summed E-state index contributed by atoms with van der Waals surface area (Å²) in [5, 5.41) is 7.89. The maximum absolute atomic E-state index is 13.3. The van der Waals surface area contributed by atoms with E-state index in [0.717, 1.165) is 22.2 Å². The van der Waals surface area contributed by atoms with Gasteiger partial charge in [0.1, 0.15) is 0 Å². The van der Waals surface area contributed by atoms with Crippen LogP contribution in [0.1, 0.15) is 17.0 Å². The van der Waals surface area contributed by atoms with Crippen molar-refractivity contribution in [3.63, 3.8) is 0 Å². The largest absolute Gasteiger partial charge is 0.377 e. The highest BCUT2D eigenvalue weighted by atomic mass is 16.5. The zero-order valence-corrected chi connectivity index (χ0v) is 15.8. The van der Waals surface area contributed by atoms with Gasteiger partial charge in [-0.25, -0.2) is 0 Å².